The molecule has 0 aliphatic carbocycles. The van der Waals surface area contributed by atoms with Crippen LogP contribution in [0, 0.1) is 0 Å². The summed E-state index contributed by atoms with van der Waals surface area (Å²) in [6.07, 6.45) is 1.53. The molecule has 1 N–H and O–H groups in total. The first kappa shape index (κ1) is 29.3. The third kappa shape index (κ3) is 7.49. The van der Waals surface area contributed by atoms with Crippen molar-refractivity contribution in [3.05, 3.63) is 90.2 Å². The van der Waals surface area contributed by atoms with E-state index in [1.54, 1.807) is 54.6 Å². The van der Waals surface area contributed by atoms with Gasteiger partial charge in [-0.25, -0.2) is 0 Å². The average Bonchev–Trinajstić information content (AvgIpc) is 3.13. The van der Waals surface area contributed by atoms with Crippen LogP contribution < -0.4 is 14.8 Å². The number of carbonyl (C=O) groups excluding carboxylic acids is 3. The molecule has 0 aromatic heterocycles. The van der Waals surface area contributed by atoms with Gasteiger partial charge in [0, 0.05) is 21.3 Å². The molecule has 0 bridgehead atoms. The highest BCUT2D eigenvalue weighted by atomic mass is 79.9. The van der Waals surface area contributed by atoms with Gasteiger partial charge in [-0.05, 0) is 94.8 Å². The predicted octanol–water partition coefficient (Wildman–Crippen LogP) is 8.06. The maximum absolute atomic E-state index is 12.9. The molecule has 3 aromatic rings. The number of nitrogens with one attached hydrogen (secondary N) is 1. The second-order valence-corrected chi connectivity index (χ2v) is 11.2. The summed E-state index contributed by atoms with van der Waals surface area (Å²) in [4.78, 5) is 39.0. The highest BCUT2D eigenvalue weighted by molar-refractivity contribution is 9.10. The van der Waals surface area contributed by atoms with Crippen molar-refractivity contribution < 1.29 is 23.9 Å². The molecule has 12 heteroatoms. The smallest absolute Gasteiger partial charge is 0.294 e. The number of imide groups is 1. The number of thioether (sulfide) groups is 1. The van der Waals surface area contributed by atoms with Gasteiger partial charge < -0.3 is 14.8 Å². The van der Waals surface area contributed by atoms with Crippen LogP contribution in [0.5, 0.6) is 11.5 Å². The van der Waals surface area contributed by atoms with Crippen LogP contribution in [0.2, 0.25) is 15.1 Å². The largest absolute Gasteiger partial charge is 0.494 e. The van der Waals surface area contributed by atoms with Crippen LogP contribution in [-0.2, 0) is 16.2 Å². The minimum atomic E-state index is -0.572. The number of hydrogen-bond donors (Lipinski definition) is 1. The number of halogens is 4. The van der Waals surface area contributed by atoms with E-state index < -0.39 is 23.6 Å². The first-order valence-electron chi connectivity index (χ1n) is 11.5. The summed E-state index contributed by atoms with van der Waals surface area (Å²) in [5.74, 6) is -0.0182. The highest BCUT2D eigenvalue weighted by Crippen LogP contribution is 2.38. The second-order valence-electron chi connectivity index (χ2n) is 8.11. The van der Waals surface area contributed by atoms with Crippen molar-refractivity contribution in [1.82, 2.24) is 4.90 Å². The molecule has 1 fully saturated rings. The summed E-state index contributed by atoms with van der Waals surface area (Å²) in [6, 6.07) is 15.2. The van der Waals surface area contributed by atoms with E-state index in [4.69, 9.17) is 44.3 Å². The summed E-state index contributed by atoms with van der Waals surface area (Å²) in [7, 11) is 0. The fourth-order valence-corrected chi connectivity index (χ4v) is 5.81. The number of ether oxygens (including phenoxy) is 2. The molecule has 1 heterocycles. The molecule has 39 heavy (non-hydrogen) atoms. The maximum Gasteiger partial charge on any atom is 0.294 e. The van der Waals surface area contributed by atoms with Gasteiger partial charge in [-0.15, -0.1) is 0 Å². The highest BCUT2D eigenvalue weighted by Gasteiger charge is 2.36. The van der Waals surface area contributed by atoms with E-state index in [2.05, 4.69) is 21.2 Å². The van der Waals surface area contributed by atoms with Gasteiger partial charge in [0.2, 0.25) is 5.91 Å². The molecular formula is C27H20BrCl3N2O5S. The number of amides is 3. The van der Waals surface area contributed by atoms with Gasteiger partial charge in [-0.3, -0.25) is 19.3 Å². The number of hydrogen-bond acceptors (Lipinski definition) is 6. The number of carbonyl (C=O) groups is 3. The molecule has 0 saturated carbocycles. The summed E-state index contributed by atoms with van der Waals surface area (Å²) in [5.41, 5.74) is 1.81. The minimum Gasteiger partial charge on any atom is -0.494 e. The SMILES string of the molecule is CCOc1ccc(NC(=O)CN2C(=O)S/C(=C/c3cc(Cl)c(OCc4ccc(Cl)cc4Cl)c(Br)c3)C2=O)cc1. The first-order chi connectivity index (χ1) is 18.6. The minimum absolute atomic E-state index is 0.158. The lowest BCUT2D eigenvalue weighted by Crippen LogP contribution is -2.36. The van der Waals surface area contributed by atoms with Crippen molar-refractivity contribution in [2.75, 3.05) is 18.5 Å². The normalized spacial score (nSPS) is 14.2. The lowest BCUT2D eigenvalue weighted by Gasteiger charge is -2.13. The number of nitrogens with zero attached hydrogens (tertiary/aromatic N) is 1. The maximum atomic E-state index is 12.9. The van der Waals surface area contributed by atoms with Crippen LogP contribution in [0.1, 0.15) is 18.1 Å². The van der Waals surface area contributed by atoms with Crippen molar-refractivity contribution >= 4 is 91.3 Å². The number of benzene rings is 3. The Morgan fingerprint density at radius 2 is 1.77 bits per heavy atom. The standard InChI is InChI=1S/C27H20BrCl3N2O5S/c1-2-37-19-7-5-18(6-8-19)32-24(34)13-33-26(35)23(39-27(33)36)11-15-9-20(28)25(22(31)10-15)38-14-16-3-4-17(29)12-21(16)30/h3-12H,2,13-14H2,1H3,(H,32,34)/b23-11+. The molecule has 4 rings (SSSR count). The monoisotopic (exact) mass is 668 g/mol. The second kappa shape index (κ2) is 13.1. The fourth-order valence-electron chi connectivity index (χ4n) is 3.52. The van der Waals surface area contributed by atoms with Crippen LogP contribution in [0.3, 0.4) is 0 Å². The third-order valence-corrected chi connectivity index (χ3v) is 7.69. The topological polar surface area (TPSA) is 84.9 Å². The Hall–Kier alpha value is -2.69. The van der Waals surface area contributed by atoms with E-state index in [0.29, 0.717) is 43.9 Å². The van der Waals surface area contributed by atoms with Gasteiger partial charge in [-0.2, -0.15) is 0 Å². The van der Waals surface area contributed by atoms with Crippen LogP contribution in [0.15, 0.2) is 64.0 Å². The van der Waals surface area contributed by atoms with Crippen LogP contribution >= 0.6 is 62.5 Å². The summed E-state index contributed by atoms with van der Waals surface area (Å²) >= 11 is 22.8. The van der Waals surface area contributed by atoms with E-state index >= 15 is 0 Å². The lowest BCUT2D eigenvalue weighted by molar-refractivity contribution is -0.127. The molecule has 0 atom stereocenters. The van der Waals surface area contributed by atoms with E-state index in [0.717, 1.165) is 22.2 Å². The van der Waals surface area contributed by atoms with Crippen molar-refractivity contribution in [3.63, 3.8) is 0 Å². The van der Waals surface area contributed by atoms with Crippen LogP contribution in [0.4, 0.5) is 10.5 Å². The Bertz CT molecular complexity index is 1440. The van der Waals surface area contributed by atoms with Crippen molar-refractivity contribution in [1.29, 1.82) is 0 Å². The Morgan fingerprint density at radius 3 is 2.44 bits per heavy atom. The first-order valence-corrected chi connectivity index (χ1v) is 14.2. The number of rotatable bonds is 9. The molecule has 1 aliphatic heterocycles. The van der Waals surface area contributed by atoms with Crippen molar-refractivity contribution in [3.8, 4) is 11.5 Å². The van der Waals surface area contributed by atoms with Gasteiger partial charge in [0.15, 0.2) is 5.75 Å². The average molecular weight is 671 g/mol. The zero-order valence-electron chi connectivity index (χ0n) is 20.3. The lowest BCUT2D eigenvalue weighted by atomic mass is 10.2. The van der Waals surface area contributed by atoms with Crippen LogP contribution in [-0.4, -0.2) is 35.1 Å². The summed E-state index contributed by atoms with van der Waals surface area (Å²) in [5, 5.41) is 3.40. The molecule has 7 nitrogen and oxygen atoms in total. The predicted molar refractivity (Wildman–Crippen MR) is 159 cm³/mol. The van der Waals surface area contributed by atoms with Gasteiger partial charge in [0.25, 0.3) is 11.1 Å². The quantitative estimate of drug-likeness (QED) is 0.232. The summed E-state index contributed by atoms with van der Waals surface area (Å²) < 4.78 is 11.8. The Morgan fingerprint density at radius 1 is 1.03 bits per heavy atom. The molecule has 202 valence electrons. The van der Waals surface area contributed by atoms with Crippen molar-refractivity contribution in [2.45, 2.75) is 13.5 Å². The van der Waals surface area contributed by atoms with E-state index in [1.165, 1.54) is 6.08 Å². The molecule has 1 aliphatic rings. The third-order valence-electron chi connectivity index (χ3n) is 5.33. The van der Waals surface area contributed by atoms with Crippen LogP contribution in [0.25, 0.3) is 6.08 Å². The number of anilines is 1. The molecule has 0 unspecified atom stereocenters. The van der Waals surface area contributed by atoms with Gasteiger partial charge in [0.1, 0.15) is 18.9 Å². The molecule has 0 spiro atoms. The Balaban J connectivity index is 1.41. The molecule has 1 saturated heterocycles. The van der Waals surface area contributed by atoms with Gasteiger partial charge in [0.05, 0.1) is 21.0 Å². The fraction of sp³-hybridized carbons (Fsp3) is 0.148. The van der Waals surface area contributed by atoms with Gasteiger partial charge in [-0.1, -0.05) is 40.9 Å². The molecule has 3 amide bonds. The van der Waals surface area contributed by atoms with Gasteiger partial charge >= 0.3 is 0 Å². The summed E-state index contributed by atoms with van der Waals surface area (Å²) in [6.45, 7) is 2.14. The zero-order valence-corrected chi connectivity index (χ0v) is 25.0. The zero-order chi connectivity index (χ0) is 28.1. The van der Waals surface area contributed by atoms with E-state index in [9.17, 15) is 14.4 Å². The van der Waals surface area contributed by atoms with E-state index in [-0.39, 0.29) is 16.5 Å². The van der Waals surface area contributed by atoms with E-state index in [1.807, 2.05) is 6.92 Å². The Labute approximate surface area is 252 Å². The Kier molecular flexibility index (Phi) is 9.85. The molecule has 3 aromatic carbocycles. The molecular weight excluding hydrogens is 651 g/mol. The molecule has 0 radical (unpaired) electrons. The van der Waals surface area contributed by atoms with Crippen molar-refractivity contribution in [2.24, 2.45) is 0 Å².